The van der Waals surface area contributed by atoms with Crippen LogP contribution in [0.1, 0.15) is 12.8 Å². The first-order chi connectivity index (χ1) is 16.1. The Bertz CT molecular complexity index is 1210. The first-order valence-electron chi connectivity index (χ1n) is 10.1. The molecule has 34 heavy (non-hydrogen) atoms. The number of sulfonamides is 1. The number of amides is 1. The molecule has 1 amide bonds. The summed E-state index contributed by atoms with van der Waals surface area (Å²) in [5, 5.41) is 5.50. The molecule has 0 aliphatic carbocycles. The van der Waals surface area contributed by atoms with Crippen LogP contribution < -0.4 is 31.4 Å². The zero-order valence-electron chi connectivity index (χ0n) is 18.4. The van der Waals surface area contributed by atoms with E-state index in [1.807, 2.05) is 0 Å². The van der Waals surface area contributed by atoms with Gasteiger partial charge in [0.05, 0.1) is 19.0 Å². The summed E-state index contributed by atoms with van der Waals surface area (Å²) in [6.07, 6.45) is 2.82. The summed E-state index contributed by atoms with van der Waals surface area (Å²) in [6.45, 7) is 3.56. The van der Waals surface area contributed by atoms with Crippen LogP contribution in [0.25, 0.3) is 0 Å². The van der Waals surface area contributed by atoms with Crippen LogP contribution >= 0.6 is 11.6 Å². The second-order valence-electron chi connectivity index (χ2n) is 7.16. The lowest BCUT2D eigenvalue weighted by Crippen LogP contribution is -2.40. The smallest absolute Gasteiger partial charge is 0.275 e. The number of methoxy groups -OCH3 is 1. The van der Waals surface area contributed by atoms with E-state index in [1.165, 1.54) is 43.6 Å². The highest BCUT2D eigenvalue weighted by atomic mass is 35.5. The molecule has 1 aromatic carbocycles. The lowest BCUT2D eigenvalue weighted by molar-refractivity contribution is -0.124. The number of nitrogens with zero attached hydrogens (tertiary/aromatic N) is 1. The average Bonchev–Trinajstić information content (AvgIpc) is 2.78. The molecule has 1 aromatic heterocycles. The van der Waals surface area contributed by atoms with Gasteiger partial charge in [-0.1, -0.05) is 18.2 Å². The zero-order valence-corrected chi connectivity index (χ0v) is 20.0. The number of hydrogen-bond acceptors (Lipinski definition) is 8. The van der Waals surface area contributed by atoms with Crippen molar-refractivity contribution in [1.29, 1.82) is 0 Å². The Morgan fingerprint density at radius 3 is 2.74 bits per heavy atom. The lowest BCUT2D eigenvalue weighted by Gasteiger charge is -2.15. The van der Waals surface area contributed by atoms with Crippen molar-refractivity contribution in [3.63, 3.8) is 0 Å². The number of anilines is 1. The summed E-state index contributed by atoms with van der Waals surface area (Å²) >= 11 is 5.91. The van der Waals surface area contributed by atoms with E-state index in [2.05, 4.69) is 21.9 Å². The summed E-state index contributed by atoms with van der Waals surface area (Å²) in [7, 11) is -2.93. The molecular weight excluding hydrogens is 486 g/mol. The number of carbonyl (C=O) groups excluding carboxylic acids is 2. The molecule has 13 heteroatoms. The Hall–Kier alpha value is -3.51. The maximum atomic E-state index is 12.8. The van der Waals surface area contributed by atoms with Gasteiger partial charge >= 0.3 is 0 Å². The maximum Gasteiger partial charge on any atom is 0.275 e. The average molecular weight is 512 g/mol. The van der Waals surface area contributed by atoms with Crippen LogP contribution in [0.4, 0.5) is 5.69 Å². The van der Waals surface area contributed by atoms with Crippen molar-refractivity contribution in [2.45, 2.75) is 30.3 Å². The van der Waals surface area contributed by atoms with Crippen molar-refractivity contribution in [3.05, 3.63) is 64.3 Å². The highest BCUT2D eigenvalue weighted by molar-refractivity contribution is 7.92. The quantitative estimate of drug-likeness (QED) is 0.227. The van der Waals surface area contributed by atoms with Crippen LogP contribution in [-0.4, -0.2) is 44.9 Å². The summed E-state index contributed by atoms with van der Waals surface area (Å²) in [4.78, 5) is 36.1. The topological polar surface area (TPSA) is 162 Å². The number of benzene rings is 1. The summed E-state index contributed by atoms with van der Waals surface area (Å²) in [6, 6.07) is 5.95. The number of pyridine rings is 1. The van der Waals surface area contributed by atoms with Gasteiger partial charge in [0.2, 0.25) is 5.91 Å². The molecule has 0 fully saturated rings. The van der Waals surface area contributed by atoms with Gasteiger partial charge in [0.1, 0.15) is 29.2 Å². The number of carbonyl (C=O) groups is 2. The Balaban J connectivity index is 2.12. The molecule has 11 nitrogen and oxygen atoms in total. The lowest BCUT2D eigenvalue weighted by atomic mass is 10.1. The molecule has 0 bridgehead atoms. The first kappa shape index (κ1) is 26.7. The molecule has 1 heterocycles. The number of aldehydes is 1. The van der Waals surface area contributed by atoms with Gasteiger partial charge in [0.15, 0.2) is 0 Å². The molecule has 1 atom stereocenters. The second kappa shape index (κ2) is 12.1. The normalized spacial score (nSPS) is 11.8. The van der Waals surface area contributed by atoms with E-state index in [-0.39, 0.29) is 21.4 Å². The fraction of sp³-hybridized carbons (Fsp3) is 0.286. The molecule has 0 aliphatic heterocycles. The summed E-state index contributed by atoms with van der Waals surface area (Å²) < 4.78 is 34.0. The van der Waals surface area contributed by atoms with Crippen molar-refractivity contribution in [1.82, 2.24) is 15.2 Å². The van der Waals surface area contributed by atoms with Gasteiger partial charge < -0.3 is 30.5 Å². The minimum absolute atomic E-state index is 0.0402. The monoisotopic (exact) mass is 511 g/mol. The van der Waals surface area contributed by atoms with Crippen molar-refractivity contribution < 1.29 is 22.7 Å². The molecule has 0 spiro atoms. The van der Waals surface area contributed by atoms with Crippen LogP contribution in [0.15, 0.2) is 58.6 Å². The Morgan fingerprint density at radius 1 is 1.35 bits per heavy atom. The molecule has 1 unspecified atom stereocenters. The third kappa shape index (κ3) is 7.52. The van der Waals surface area contributed by atoms with Gasteiger partial charge in [-0.3, -0.25) is 14.3 Å². The number of aromatic nitrogens is 1. The van der Waals surface area contributed by atoms with E-state index in [4.69, 9.17) is 22.1 Å². The first-order valence-corrected chi connectivity index (χ1v) is 11.9. The van der Waals surface area contributed by atoms with Gasteiger partial charge in [-0.25, -0.2) is 8.42 Å². The standard InChI is InChI=1S/C21H26ClN5O6S/c1-14(23)24-9-3-5-16(13-28)25-20(29)12-27-10-4-6-17(21(27)30)26-34(31,32)19-11-15(22)7-8-18(19)33-2/h4,6-8,10-11,13,16,24,26H,1,3,5,9,12,23H2,2H3,(H,25,29). The highest BCUT2D eigenvalue weighted by Crippen LogP contribution is 2.28. The van der Waals surface area contributed by atoms with E-state index in [9.17, 15) is 22.8 Å². The third-order valence-electron chi connectivity index (χ3n) is 4.55. The number of nitrogens with one attached hydrogen (secondary N) is 3. The Labute approximate surface area is 202 Å². The molecule has 0 aliphatic rings. The number of nitrogens with two attached hydrogens (primary N) is 1. The summed E-state index contributed by atoms with van der Waals surface area (Å²) in [5.74, 6) is -0.249. The van der Waals surface area contributed by atoms with E-state index in [1.54, 1.807) is 0 Å². The van der Waals surface area contributed by atoms with E-state index in [0.29, 0.717) is 31.5 Å². The molecule has 2 rings (SSSR count). The maximum absolute atomic E-state index is 12.8. The van der Waals surface area contributed by atoms with Crippen molar-refractivity contribution in [2.75, 3.05) is 18.4 Å². The number of ether oxygens (including phenoxy) is 1. The van der Waals surface area contributed by atoms with Gasteiger partial charge in [0.25, 0.3) is 15.6 Å². The van der Waals surface area contributed by atoms with Crippen LogP contribution in [0.3, 0.4) is 0 Å². The van der Waals surface area contributed by atoms with Gasteiger partial charge in [-0.2, -0.15) is 0 Å². The van der Waals surface area contributed by atoms with Crippen LogP contribution in [0.2, 0.25) is 5.02 Å². The van der Waals surface area contributed by atoms with Crippen molar-refractivity contribution >= 4 is 39.5 Å². The number of rotatable bonds is 13. The van der Waals surface area contributed by atoms with Crippen LogP contribution in [0.5, 0.6) is 5.75 Å². The summed E-state index contributed by atoms with van der Waals surface area (Å²) in [5.41, 5.74) is 4.36. The molecule has 184 valence electrons. The van der Waals surface area contributed by atoms with Gasteiger partial charge in [-0.15, -0.1) is 0 Å². The predicted octanol–water partition coefficient (Wildman–Crippen LogP) is 0.795. The van der Waals surface area contributed by atoms with Gasteiger partial charge in [-0.05, 0) is 43.2 Å². The third-order valence-corrected chi connectivity index (χ3v) is 6.17. The van der Waals surface area contributed by atoms with E-state index in [0.717, 1.165) is 4.57 Å². The molecule has 0 saturated heterocycles. The highest BCUT2D eigenvalue weighted by Gasteiger charge is 2.22. The molecule has 0 saturated carbocycles. The molecular formula is C21H26ClN5O6S. The molecule has 5 N–H and O–H groups in total. The SMILES string of the molecule is C=C(N)NCCCC(C=O)NC(=O)Cn1cccc(NS(=O)(=O)c2cc(Cl)ccc2OC)c1=O. The predicted molar refractivity (Wildman–Crippen MR) is 128 cm³/mol. The Morgan fingerprint density at radius 2 is 2.09 bits per heavy atom. The fourth-order valence-corrected chi connectivity index (χ4v) is 4.44. The minimum atomic E-state index is -4.23. The van der Waals surface area contributed by atoms with E-state index >= 15 is 0 Å². The fourth-order valence-electron chi connectivity index (χ4n) is 2.95. The van der Waals surface area contributed by atoms with Gasteiger partial charge in [0, 0.05) is 17.8 Å². The molecule has 2 aromatic rings. The van der Waals surface area contributed by atoms with Crippen LogP contribution in [-0.2, 0) is 26.2 Å². The van der Waals surface area contributed by atoms with Crippen LogP contribution in [0, 0.1) is 0 Å². The minimum Gasteiger partial charge on any atom is -0.495 e. The molecule has 0 radical (unpaired) electrons. The zero-order chi connectivity index (χ0) is 25.3. The second-order valence-corrected chi connectivity index (χ2v) is 9.25. The number of halogens is 1. The number of hydrogen-bond donors (Lipinski definition) is 4. The largest absolute Gasteiger partial charge is 0.495 e. The van der Waals surface area contributed by atoms with Crippen molar-refractivity contribution in [3.8, 4) is 5.75 Å². The van der Waals surface area contributed by atoms with E-state index < -0.39 is 34.1 Å². The Kier molecular flexibility index (Phi) is 9.51. The van der Waals surface area contributed by atoms with Crippen molar-refractivity contribution in [2.24, 2.45) is 5.73 Å².